The largest absolute Gasteiger partial charge is 0.481 e. The van der Waals surface area contributed by atoms with E-state index in [1.807, 2.05) is 0 Å². The van der Waals surface area contributed by atoms with Gasteiger partial charge >= 0.3 is 12.0 Å². The predicted molar refractivity (Wildman–Crippen MR) is 68.3 cm³/mol. The van der Waals surface area contributed by atoms with Crippen LogP contribution in [0.3, 0.4) is 0 Å². The van der Waals surface area contributed by atoms with Gasteiger partial charge in [0.1, 0.15) is 6.04 Å². The predicted octanol–water partition coefficient (Wildman–Crippen LogP) is 0.00250. The molecule has 1 rings (SSSR count). The van der Waals surface area contributed by atoms with Gasteiger partial charge in [0, 0.05) is 13.1 Å². The van der Waals surface area contributed by atoms with Gasteiger partial charge in [-0.25, -0.2) is 4.79 Å². The molecule has 1 fully saturated rings. The molecule has 0 aromatic carbocycles. The Morgan fingerprint density at radius 3 is 2.16 bits per heavy atom. The summed E-state index contributed by atoms with van der Waals surface area (Å²) >= 11 is 0. The molecule has 7 nitrogen and oxygen atoms in total. The molecular weight excluding hydrogens is 250 g/mol. The number of nitrogens with two attached hydrogens (primary N) is 1. The minimum absolute atomic E-state index is 0.0852. The molecule has 0 spiro atoms. The zero-order valence-corrected chi connectivity index (χ0v) is 11.3. The first kappa shape index (κ1) is 15.3. The SMILES string of the molecule is CC(C)C(NC(=O)N1CCC(C(=O)O)CC1)C(N)=O. The summed E-state index contributed by atoms with van der Waals surface area (Å²) in [6, 6.07) is -1.06. The quantitative estimate of drug-likeness (QED) is 0.668. The van der Waals surface area contributed by atoms with Gasteiger partial charge in [-0.15, -0.1) is 0 Å². The zero-order chi connectivity index (χ0) is 14.6. The van der Waals surface area contributed by atoms with E-state index in [1.54, 1.807) is 13.8 Å². The van der Waals surface area contributed by atoms with E-state index in [2.05, 4.69) is 5.32 Å². The lowest BCUT2D eigenvalue weighted by Crippen LogP contribution is -2.53. The van der Waals surface area contributed by atoms with E-state index >= 15 is 0 Å². The molecule has 0 bridgehead atoms. The molecule has 0 aromatic rings. The number of carboxylic acids is 1. The number of carbonyl (C=O) groups is 3. The van der Waals surface area contributed by atoms with Crippen molar-refractivity contribution in [1.29, 1.82) is 0 Å². The molecule has 7 heteroatoms. The smallest absolute Gasteiger partial charge is 0.318 e. The highest BCUT2D eigenvalue weighted by atomic mass is 16.4. The number of rotatable bonds is 4. The Labute approximate surface area is 112 Å². The molecule has 0 saturated carbocycles. The normalized spacial score (nSPS) is 18.2. The van der Waals surface area contributed by atoms with Crippen LogP contribution in [0.1, 0.15) is 26.7 Å². The fraction of sp³-hybridized carbons (Fsp3) is 0.750. The fourth-order valence-electron chi connectivity index (χ4n) is 2.12. The number of nitrogens with one attached hydrogen (secondary N) is 1. The minimum atomic E-state index is -0.822. The van der Waals surface area contributed by atoms with Crippen LogP contribution in [-0.4, -0.2) is 47.0 Å². The summed E-state index contributed by atoms with van der Waals surface area (Å²) in [7, 11) is 0. The van der Waals surface area contributed by atoms with Crippen LogP contribution in [0.15, 0.2) is 0 Å². The monoisotopic (exact) mass is 271 g/mol. The third-order valence-corrected chi connectivity index (χ3v) is 3.38. The van der Waals surface area contributed by atoms with Crippen molar-refractivity contribution in [2.75, 3.05) is 13.1 Å². The number of carbonyl (C=O) groups excluding carboxylic acids is 2. The molecule has 1 aliphatic rings. The summed E-state index contributed by atoms with van der Waals surface area (Å²) in [6.07, 6.45) is 0.872. The van der Waals surface area contributed by atoms with Crippen LogP contribution in [0, 0.1) is 11.8 Å². The van der Waals surface area contributed by atoms with Gasteiger partial charge in [0.05, 0.1) is 5.92 Å². The summed E-state index contributed by atoms with van der Waals surface area (Å²) in [5.41, 5.74) is 5.23. The first-order chi connectivity index (χ1) is 8.82. The lowest BCUT2D eigenvalue weighted by molar-refractivity contribution is -0.143. The van der Waals surface area contributed by atoms with Crippen molar-refractivity contribution in [3.8, 4) is 0 Å². The Kier molecular flexibility index (Phi) is 5.14. The number of amides is 3. The molecule has 1 unspecified atom stereocenters. The van der Waals surface area contributed by atoms with Gasteiger partial charge in [-0.2, -0.15) is 0 Å². The summed E-state index contributed by atoms with van der Waals surface area (Å²) in [6.45, 7) is 4.36. The van der Waals surface area contributed by atoms with Crippen molar-refractivity contribution in [3.05, 3.63) is 0 Å². The minimum Gasteiger partial charge on any atom is -0.481 e. The van der Waals surface area contributed by atoms with Crippen molar-refractivity contribution in [3.63, 3.8) is 0 Å². The molecule has 0 aliphatic carbocycles. The van der Waals surface area contributed by atoms with Gasteiger partial charge in [0.15, 0.2) is 0 Å². The molecule has 1 heterocycles. The molecule has 0 aromatic heterocycles. The number of urea groups is 1. The maximum absolute atomic E-state index is 12.0. The molecule has 19 heavy (non-hydrogen) atoms. The molecular formula is C12H21N3O4. The second-order valence-electron chi connectivity index (χ2n) is 5.17. The van der Waals surface area contributed by atoms with E-state index < -0.39 is 17.9 Å². The lowest BCUT2D eigenvalue weighted by Gasteiger charge is -2.31. The van der Waals surface area contributed by atoms with Gasteiger partial charge in [-0.05, 0) is 18.8 Å². The van der Waals surface area contributed by atoms with Gasteiger partial charge in [-0.1, -0.05) is 13.8 Å². The third-order valence-electron chi connectivity index (χ3n) is 3.38. The average molecular weight is 271 g/mol. The third kappa shape index (κ3) is 4.11. The number of likely N-dealkylation sites (tertiary alicyclic amines) is 1. The maximum Gasteiger partial charge on any atom is 0.318 e. The van der Waals surface area contributed by atoms with E-state index in [4.69, 9.17) is 10.8 Å². The van der Waals surface area contributed by atoms with Crippen LogP contribution in [-0.2, 0) is 9.59 Å². The standard InChI is InChI=1S/C12H21N3O4/c1-7(2)9(10(13)16)14-12(19)15-5-3-8(4-6-15)11(17)18/h7-9H,3-6H2,1-2H3,(H2,13,16)(H,14,19)(H,17,18). The zero-order valence-electron chi connectivity index (χ0n) is 11.3. The Morgan fingerprint density at radius 2 is 1.79 bits per heavy atom. The second-order valence-corrected chi connectivity index (χ2v) is 5.17. The number of hydrogen-bond donors (Lipinski definition) is 3. The Hall–Kier alpha value is -1.79. The van der Waals surface area contributed by atoms with Gasteiger partial charge in [-0.3, -0.25) is 9.59 Å². The van der Waals surface area contributed by atoms with Crippen LogP contribution in [0.2, 0.25) is 0 Å². The highest BCUT2D eigenvalue weighted by Crippen LogP contribution is 2.17. The van der Waals surface area contributed by atoms with Crippen molar-refractivity contribution in [2.45, 2.75) is 32.7 Å². The number of piperidine rings is 1. The Bertz CT molecular complexity index is 362. The molecule has 4 N–H and O–H groups in total. The number of nitrogens with zero attached hydrogens (tertiary/aromatic N) is 1. The number of carboxylic acid groups (broad SMARTS) is 1. The van der Waals surface area contributed by atoms with E-state index in [9.17, 15) is 14.4 Å². The van der Waals surface area contributed by atoms with Crippen LogP contribution in [0.25, 0.3) is 0 Å². The van der Waals surface area contributed by atoms with Gasteiger partial charge in [0.2, 0.25) is 5.91 Å². The first-order valence-corrected chi connectivity index (χ1v) is 6.40. The number of hydrogen-bond acceptors (Lipinski definition) is 3. The Morgan fingerprint density at radius 1 is 1.26 bits per heavy atom. The number of primary amides is 1. The summed E-state index contributed by atoms with van der Waals surface area (Å²) in [5.74, 6) is -1.86. The Balaban J connectivity index is 2.51. The van der Waals surface area contributed by atoms with Gasteiger partial charge < -0.3 is 21.1 Å². The van der Waals surface area contributed by atoms with Crippen molar-refractivity contribution < 1.29 is 19.5 Å². The van der Waals surface area contributed by atoms with Crippen LogP contribution >= 0.6 is 0 Å². The lowest BCUT2D eigenvalue weighted by atomic mass is 9.97. The molecule has 1 saturated heterocycles. The molecule has 3 amide bonds. The van der Waals surface area contributed by atoms with Crippen molar-refractivity contribution in [1.82, 2.24) is 10.2 Å². The van der Waals surface area contributed by atoms with E-state index in [0.717, 1.165) is 0 Å². The van der Waals surface area contributed by atoms with Crippen molar-refractivity contribution >= 4 is 17.9 Å². The van der Waals surface area contributed by atoms with E-state index in [-0.39, 0.29) is 17.9 Å². The molecule has 0 radical (unpaired) electrons. The van der Waals surface area contributed by atoms with Crippen molar-refractivity contribution in [2.24, 2.45) is 17.6 Å². The van der Waals surface area contributed by atoms with Crippen LogP contribution < -0.4 is 11.1 Å². The van der Waals surface area contributed by atoms with Crippen LogP contribution in [0.4, 0.5) is 4.79 Å². The first-order valence-electron chi connectivity index (χ1n) is 6.40. The highest BCUT2D eigenvalue weighted by Gasteiger charge is 2.29. The van der Waals surface area contributed by atoms with E-state index in [1.165, 1.54) is 4.90 Å². The topological polar surface area (TPSA) is 113 Å². The van der Waals surface area contributed by atoms with E-state index in [0.29, 0.717) is 25.9 Å². The van der Waals surface area contributed by atoms with Gasteiger partial charge in [0.25, 0.3) is 0 Å². The summed E-state index contributed by atoms with van der Waals surface area (Å²) in [5, 5.41) is 11.5. The highest BCUT2D eigenvalue weighted by molar-refractivity contribution is 5.86. The molecule has 1 aliphatic heterocycles. The molecule has 108 valence electrons. The second kappa shape index (κ2) is 6.40. The maximum atomic E-state index is 12.0. The molecule has 1 atom stereocenters. The average Bonchev–Trinajstić information content (AvgIpc) is 2.34. The summed E-state index contributed by atoms with van der Waals surface area (Å²) in [4.78, 5) is 35.5. The van der Waals surface area contributed by atoms with Crippen LogP contribution in [0.5, 0.6) is 0 Å². The number of aliphatic carboxylic acids is 1. The summed E-state index contributed by atoms with van der Waals surface area (Å²) < 4.78 is 0. The fourth-order valence-corrected chi connectivity index (χ4v) is 2.12.